The molecule has 0 atom stereocenters. The van der Waals surface area contributed by atoms with Crippen LogP contribution in [-0.2, 0) is 11.4 Å². The van der Waals surface area contributed by atoms with E-state index in [0.717, 1.165) is 11.3 Å². The van der Waals surface area contributed by atoms with Crippen LogP contribution >= 0.6 is 0 Å². The standard InChI is InChI=1S/C17H17N3O.ClH/c1-2-21-19-17(12-20-10-9-18-13-20)16-8-7-14-5-3-4-6-15(14)11-16;/h3-11,13H,2,12H2,1H3;1H/b19-17+;. The lowest BCUT2D eigenvalue weighted by atomic mass is 10.0. The van der Waals surface area contributed by atoms with Crippen LogP contribution in [0.3, 0.4) is 0 Å². The van der Waals surface area contributed by atoms with Gasteiger partial charge in [0.2, 0.25) is 0 Å². The van der Waals surface area contributed by atoms with E-state index in [-0.39, 0.29) is 12.4 Å². The molecule has 0 aliphatic carbocycles. The number of nitrogens with zero attached hydrogens (tertiary/aromatic N) is 2. The van der Waals surface area contributed by atoms with Gasteiger partial charge in [-0.2, -0.15) is 0 Å². The second kappa shape index (κ2) is 7.61. The highest BCUT2D eigenvalue weighted by molar-refractivity contribution is 5.99. The maximum Gasteiger partial charge on any atom is 0.251 e. The van der Waals surface area contributed by atoms with Crippen LogP contribution < -0.4 is 17.6 Å². The molecule has 0 amide bonds. The number of rotatable bonds is 5. The van der Waals surface area contributed by atoms with Gasteiger partial charge in [0.25, 0.3) is 5.71 Å². The molecule has 0 spiro atoms. The second-order valence-electron chi connectivity index (χ2n) is 4.81. The van der Waals surface area contributed by atoms with E-state index >= 15 is 0 Å². The van der Waals surface area contributed by atoms with Gasteiger partial charge in [-0.3, -0.25) is 4.84 Å². The predicted molar refractivity (Wildman–Crippen MR) is 82.9 cm³/mol. The van der Waals surface area contributed by atoms with Gasteiger partial charge < -0.3 is 17.0 Å². The largest absolute Gasteiger partial charge is 1.00 e. The van der Waals surface area contributed by atoms with E-state index in [2.05, 4.69) is 52.6 Å². The summed E-state index contributed by atoms with van der Waals surface area (Å²) in [5.74, 6) is 0. The Morgan fingerprint density at radius 3 is 2.73 bits per heavy atom. The summed E-state index contributed by atoms with van der Waals surface area (Å²) in [6, 6.07) is 14.8. The maximum absolute atomic E-state index is 5.39. The molecule has 4 nitrogen and oxygen atoms in total. The van der Waals surface area contributed by atoms with Crippen molar-refractivity contribution in [2.24, 2.45) is 0 Å². The molecule has 3 rings (SSSR count). The van der Waals surface area contributed by atoms with Crippen molar-refractivity contribution in [2.45, 2.75) is 13.5 Å². The minimum absolute atomic E-state index is 0. The number of aromatic nitrogens is 2. The van der Waals surface area contributed by atoms with Gasteiger partial charge in [0.1, 0.15) is 6.54 Å². The van der Waals surface area contributed by atoms with Crippen molar-refractivity contribution in [2.75, 3.05) is 6.61 Å². The summed E-state index contributed by atoms with van der Waals surface area (Å²) in [6.07, 6.45) is 5.52. The Morgan fingerprint density at radius 2 is 2.00 bits per heavy atom. The summed E-state index contributed by atoms with van der Waals surface area (Å²) in [6.45, 7) is 3.27. The highest BCUT2D eigenvalue weighted by Crippen LogP contribution is 2.15. The fourth-order valence-corrected chi connectivity index (χ4v) is 2.28. The Hall–Kier alpha value is -2.33. The Labute approximate surface area is 135 Å². The highest BCUT2D eigenvalue weighted by atomic mass is 35.5. The van der Waals surface area contributed by atoms with E-state index in [0.29, 0.717) is 13.2 Å². The van der Waals surface area contributed by atoms with Crippen molar-refractivity contribution in [3.05, 3.63) is 66.7 Å². The molecule has 0 fully saturated rings. The molecule has 0 bridgehead atoms. The number of halogens is 1. The fourth-order valence-electron chi connectivity index (χ4n) is 2.28. The summed E-state index contributed by atoms with van der Waals surface area (Å²) in [4.78, 5) is 9.47. The Bertz CT molecular complexity index is 753. The monoisotopic (exact) mass is 315 g/mol. The van der Waals surface area contributed by atoms with Crippen LogP contribution in [0.2, 0.25) is 0 Å². The minimum Gasteiger partial charge on any atom is -1.00 e. The third-order valence-corrected chi connectivity index (χ3v) is 3.34. The van der Waals surface area contributed by atoms with Gasteiger partial charge in [0, 0.05) is 18.0 Å². The number of hydrogen-bond acceptors (Lipinski definition) is 2. The lowest BCUT2D eigenvalue weighted by molar-refractivity contribution is -0.752. The fraction of sp³-hybridized carbons (Fsp3) is 0.176. The molecule has 22 heavy (non-hydrogen) atoms. The third kappa shape index (κ3) is 3.65. The quantitative estimate of drug-likeness (QED) is 0.463. The number of imidazole rings is 1. The van der Waals surface area contributed by atoms with Gasteiger partial charge in [-0.15, -0.1) is 0 Å². The zero-order valence-electron chi connectivity index (χ0n) is 12.4. The molecule has 3 aromatic rings. The summed E-state index contributed by atoms with van der Waals surface area (Å²) < 4.78 is 2.01. The van der Waals surface area contributed by atoms with Gasteiger partial charge in [0.15, 0.2) is 6.61 Å². The number of fused-ring (bicyclic) bond motifs is 1. The van der Waals surface area contributed by atoms with Gasteiger partial charge in [-0.05, 0) is 35.0 Å². The Morgan fingerprint density at radius 1 is 1.18 bits per heavy atom. The summed E-state index contributed by atoms with van der Waals surface area (Å²) >= 11 is 0. The summed E-state index contributed by atoms with van der Waals surface area (Å²) in [5, 5.41) is 5.51. The van der Waals surface area contributed by atoms with Crippen LogP contribution in [-0.4, -0.2) is 21.9 Å². The molecule has 1 aromatic heterocycles. The topological polar surface area (TPSA) is 41.0 Å². The number of hydrogen-bond donors (Lipinski definition) is 1. The molecule has 1 heterocycles. The van der Waals surface area contributed by atoms with Gasteiger partial charge in [-0.25, -0.2) is 4.98 Å². The van der Waals surface area contributed by atoms with Crippen LogP contribution in [0.5, 0.6) is 0 Å². The first-order valence-electron chi connectivity index (χ1n) is 7.05. The van der Waals surface area contributed by atoms with Crippen molar-refractivity contribution in [1.82, 2.24) is 9.55 Å². The van der Waals surface area contributed by atoms with Gasteiger partial charge in [0.05, 0.1) is 6.33 Å². The second-order valence-corrected chi connectivity index (χ2v) is 4.81. The zero-order chi connectivity index (χ0) is 14.5. The van der Waals surface area contributed by atoms with E-state index in [1.165, 1.54) is 10.8 Å². The predicted octanol–water partition coefficient (Wildman–Crippen LogP) is -1.44. The maximum atomic E-state index is 5.39. The Kier molecular flexibility index (Phi) is 5.55. The lowest BCUT2D eigenvalue weighted by Gasteiger charge is -2.04. The van der Waals surface area contributed by atoms with Crippen molar-refractivity contribution in [3.63, 3.8) is 0 Å². The first kappa shape index (κ1) is 16.0. The van der Waals surface area contributed by atoms with Crippen LogP contribution in [0.15, 0.2) is 61.2 Å². The first-order chi connectivity index (χ1) is 10.4. The van der Waals surface area contributed by atoms with Crippen molar-refractivity contribution < 1.29 is 22.4 Å². The summed E-state index contributed by atoms with van der Waals surface area (Å²) in [5.41, 5.74) is 2.14. The lowest BCUT2D eigenvalue weighted by Crippen LogP contribution is -3.00. The number of nitrogens with one attached hydrogen (secondary N) is 1. The van der Waals surface area contributed by atoms with E-state index < -0.39 is 0 Å². The average molecular weight is 316 g/mol. The molecule has 0 radical (unpaired) electrons. The smallest absolute Gasteiger partial charge is 0.251 e. The molecule has 0 unspecified atom stereocenters. The van der Waals surface area contributed by atoms with E-state index in [1.807, 2.05) is 17.7 Å². The van der Waals surface area contributed by atoms with Crippen LogP contribution in [0.25, 0.3) is 10.8 Å². The molecule has 0 aliphatic heterocycles. The van der Waals surface area contributed by atoms with Crippen LogP contribution in [0.1, 0.15) is 12.5 Å². The SMILES string of the molecule is CCO/[NH+]=C(\Cn1ccnc1)c1ccc2ccccc2c1.[Cl-]. The highest BCUT2D eigenvalue weighted by Gasteiger charge is 2.12. The van der Waals surface area contributed by atoms with Crippen molar-refractivity contribution in [3.8, 4) is 0 Å². The molecular weight excluding hydrogens is 298 g/mol. The van der Waals surface area contributed by atoms with Crippen LogP contribution in [0.4, 0.5) is 0 Å². The zero-order valence-corrected chi connectivity index (χ0v) is 13.1. The number of benzene rings is 2. The molecule has 114 valence electrons. The first-order valence-corrected chi connectivity index (χ1v) is 7.05. The average Bonchev–Trinajstić information content (AvgIpc) is 3.04. The summed E-state index contributed by atoms with van der Waals surface area (Å²) in [7, 11) is 0. The van der Waals surface area contributed by atoms with E-state index in [4.69, 9.17) is 4.84 Å². The van der Waals surface area contributed by atoms with Crippen LogP contribution in [0, 0.1) is 0 Å². The van der Waals surface area contributed by atoms with E-state index in [9.17, 15) is 0 Å². The molecule has 0 aliphatic rings. The van der Waals surface area contributed by atoms with Crippen molar-refractivity contribution in [1.29, 1.82) is 0 Å². The normalized spacial score (nSPS) is 11.2. The molecule has 2 aromatic carbocycles. The third-order valence-electron chi connectivity index (χ3n) is 3.34. The molecular formula is C17H18ClN3O. The van der Waals surface area contributed by atoms with Crippen molar-refractivity contribution >= 4 is 16.5 Å². The van der Waals surface area contributed by atoms with Gasteiger partial charge in [-0.1, -0.05) is 30.3 Å². The molecule has 5 heteroatoms. The molecule has 0 saturated carbocycles. The Balaban J connectivity index is 0.00000176. The minimum atomic E-state index is 0. The van der Waals surface area contributed by atoms with Gasteiger partial charge >= 0.3 is 0 Å². The van der Waals surface area contributed by atoms with E-state index in [1.54, 1.807) is 12.5 Å². The molecule has 0 saturated heterocycles. The molecule has 1 N–H and O–H groups in total.